The minimum absolute atomic E-state index is 0.0405. The van der Waals surface area contributed by atoms with Gasteiger partial charge in [-0.3, -0.25) is 0 Å². The van der Waals surface area contributed by atoms with Gasteiger partial charge in [0, 0.05) is 0 Å². The van der Waals surface area contributed by atoms with E-state index in [-0.39, 0.29) is 12.1 Å². The van der Waals surface area contributed by atoms with Crippen molar-refractivity contribution in [3.8, 4) is 11.5 Å². The third-order valence-corrected chi connectivity index (χ3v) is 5.69. The molecule has 0 aliphatic carbocycles. The first-order chi connectivity index (χ1) is 16.4. The van der Waals surface area contributed by atoms with Crippen LogP contribution >= 0.6 is 0 Å². The monoisotopic (exact) mass is 468 g/mol. The lowest BCUT2D eigenvalue weighted by Crippen LogP contribution is -2.32. The Morgan fingerprint density at radius 2 is 1.26 bits per heavy atom. The van der Waals surface area contributed by atoms with Crippen LogP contribution in [-0.4, -0.2) is 51.5 Å². The Morgan fingerprint density at radius 1 is 0.853 bits per heavy atom. The lowest BCUT2D eigenvalue weighted by molar-refractivity contribution is 0.0591. The van der Waals surface area contributed by atoms with Gasteiger partial charge >= 0.3 is 11.9 Å². The Hall–Kier alpha value is -4.08. The molecule has 2 atom stereocenters. The van der Waals surface area contributed by atoms with E-state index in [1.165, 1.54) is 14.2 Å². The van der Waals surface area contributed by atoms with Crippen LogP contribution in [0.4, 0.5) is 22.7 Å². The van der Waals surface area contributed by atoms with Crippen molar-refractivity contribution < 1.29 is 28.5 Å². The van der Waals surface area contributed by atoms with Crippen molar-refractivity contribution >= 4 is 34.7 Å². The first-order valence-corrected chi connectivity index (χ1v) is 10.9. The number of hydrogen-bond acceptors (Lipinski definition) is 10. The van der Waals surface area contributed by atoms with Crippen LogP contribution in [0.5, 0.6) is 11.5 Å². The predicted molar refractivity (Wildman–Crippen MR) is 129 cm³/mol. The summed E-state index contributed by atoms with van der Waals surface area (Å²) in [6, 6.07) is 6.49. The van der Waals surface area contributed by atoms with Gasteiger partial charge in [0.05, 0.1) is 48.8 Å². The van der Waals surface area contributed by atoms with Crippen molar-refractivity contribution in [2.24, 2.45) is 0 Å². The van der Waals surface area contributed by atoms with Gasteiger partial charge in [0.1, 0.15) is 36.1 Å². The van der Waals surface area contributed by atoms with Crippen molar-refractivity contribution in [2.45, 2.75) is 24.9 Å². The number of nitrogen functional groups attached to an aromatic ring is 2. The molecule has 6 N–H and O–H groups in total. The summed E-state index contributed by atoms with van der Waals surface area (Å²) >= 11 is 0. The van der Waals surface area contributed by atoms with Crippen LogP contribution in [0.25, 0.3) is 0 Å². The van der Waals surface area contributed by atoms with Crippen LogP contribution in [-0.2, 0) is 9.47 Å². The summed E-state index contributed by atoms with van der Waals surface area (Å²) in [7, 11) is 2.64. The number of rotatable bonds is 6. The van der Waals surface area contributed by atoms with Gasteiger partial charge in [0.25, 0.3) is 0 Å². The molecule has 34 heavy (non-hydrogen) atoms. The van der Waals surface area contributed by atoms with Gasteiger partial charge < -0.3 is 41.0 Å². The molecule has 2 aliphatic heterocycles. The Bertz CT molecular complexity index is 1050. The van der Waals surface area contributed by atoms with E-state index in [9.17, 15) is 9.59 Å². The highest BCUT2D eigenvalue weighted by Gasteiger charge is 2.24. The Balaban J connectivity index is 1.31. The summed E-state index contributed by atoms with van der Waals surface area (Å²) < 4.78 is 21.1. The van der Waals surface area contributed by atoms with Crippen molar-refractivity contribution in [2.75, 3.05) is 49.5 Å². The molecule has 10 heteroatoms. The lowest BCUT2D eigenvalue weighted by atomic mass is 10.1. The number of anilines is 4. The summed E-state index contributed by atoms with van der Waals surface area (Å²) in [5.41, 5.74) is 15.1. The average molecular weight is 469 g/mol. The van der Waals surface area contributed by atoms with Crippen LogP contribution in [0.1, 0.15) is 33.6 Å². The van der Waals surface area contributed by atoms with E-state index in [4.69, 9.17) is 30.4 Å². The summed E-state index contributed by atoms with van der Waals surface area (Å²) in [4.78, 5) is 23.5. The molecule has 2 aromatic carbocycles. The molecular formula is C24H28N4O6. The molecule has 2 heterocycles. The highest BCUT2D eigenvalue weighted by Crippen LogP contribution is 2.37. The molecule has 0 radical (unpaired) electrons. The quantitative estimate of drug-likeness (QED) is 0.283. The van der Waals surface area contributed by atoms with Gasteiger partial charge in [-0.1, -0.05) is 12.2 Å². The van der Waals surface area contributed by atoms with E-state index in [1.807, 2.05) is 0 Å². The number of ether oxygens (including phenoxy) is 4. The molecule has 0 aromatic heterocycles. The van der Waals surface area contributed by atoms with Gasteiger partial charge in [0.15, 0.2) is 0 Å². The second-order valence-electron chi connectivity index (χ2n) is 8.11. The zero-order valence-corrected chi connectivity index (χ0v) is 19.1. The molecule has 10 nitrogen and oxygen atoms in total. The minimum Gasteiger partial charge on any atom is -0.489 e. The zero-order valence-electron chi connectivity index (χ0n) is 19.1. The normalized spacial score (nSPS) is 18.4. The second-order valence-corrected chi connectivity index (χ2v) is 8.11. The number of esters is 2. The first-order valence-electron chi connectivity index (χ1n) is 10.9. The Morgan fingerprint density at radius 3 is 1.65 bits per heavy atom. The van der Waals surface area contributed by atoms with Crippen molar-refractivity contribution in [1.82, 2.24) is 0 Å². The molecular weight excluding hydrogens is 440 g/mol. The lowest BCUT2D eigenvalue weighted by Gasteiger charge is -2.29. The maximum absolute atomic E-state index is 11.8. The summed E-state index contributed by atoms with van der Waals surface area (Å²) in [5.74, 6) is 0.153. The number of carbonyl (C=O) groups excluding carboxylic acids is 2. The molecule has 2 aromatic rings. The van der Waals surface area contributed by atoms with E-state index < -0.39 is 11.9 Å². The minimum atomic E-state index is -0.461. The molecule has 0 bridgehead atoms. The maximum atomic E-state index is 11.8. The van der Waals surface area contributed by atoms with Gasteiger partial charge in [0.2, 0.25) is 0 Å². The Labute approximate surface area is 197 Å². The number of benzene rings is 2. The fourth-order valence-electron chi connectivity index (χ4n) is 3.93. The molecule has 0 amide bonds. The number of fused-ring (bicyclic) bond motifs is 2. The molecule has 180 valence electrons. The molecule has 4 rings (SSSR count). The van der Waals surface area contributed by atoms with Crippen LogP contribution in [0.15, 0.2) is 36.4 Å². The highest BCUT2D eigenvalue weighted by molar-refractivity contribution is 5.94. The molecule has 0 unspecified atom stereocenters. The van der Waals surface area contributed by atoms with Gasteiger partial charge in [-0.25, -0.2) is 9.59 Å². The van der Waals surface area contributed by atoms with E-state index >= 15 is 0 Å². The topological polar surface area (TPSA) is 147 Å². The van der Waals surface area contributed by atoms with E-state index in [0.29, 0.717) is 58.6 Å². The fourth-order valence-corrected chi connectivity index (χ4v) is 3.93. The third kappa shape index (κ3) is 4.80. The smallest absolute Gasteiger partial charge is 0.338 e. The fraction of sp³-hybridized carbons (Fsp3) is 0.333. The largest absolute Gasteiger partial charge is 0.489 e. The maximum Gasteiger partial charge on any atom is 0.338 e. The zero-order chi connectivity index (χ0) is 24.2. The molecule has 0 saturated heterocycles. The van der Waals surface area contributed by atoms with E-state index in [0.717, 1.165) is 12.8 Å². The van der Waals surface area contributed by atoms with Crippen molar-refractivity contribution in [1.29, 1.82) is 0 Å². The van der Waals surface area contributed by atoms with Gasteiger partial charge in [-0.2, -0.15) is 0 Å². The van der Waals surface area contributed by atoms with Crippen LogP contribution in [0.3, 0.4) is 0 Å². The van der Waals surface area contributed by atoms with Crippen molar-refractivity contribution in [3.63, 3.8) is 0 Å². The number of hydrogen-bond donors (Lipinski definition) is 4. The van der Waals surface area contributed by atoms with Crippen LogP contribution < -0.4 is 31.6 Å². The van der Waals surface area contributed by atoms with E-state index in [1.54, 1.807) is 24.3 Å². The van der Waals surface area contributed by atoms with Crippen LogP contribution in [0.2, 0.25) is 0 Å². The summed E-state index contributed by atoms with van der Waals surface area (Å²) in [6.07, 6.45) is 5.61. The SMILES string of the molecule is COC(=O)c1cc(N)c2c(c1)OC[C@H](C/C=C/C[C@H]1COc3cc(C(=O)OC)cc(N)c3N1)N2. The summed E-state index contributed by atoms with van der Waals surface area (Å²) in [6.45, 7) is 0.886. The highest BCUT2D eigenvalue weighted by atomic mass is 16.5. The van der Waals surface area contributed by atoms with Crippen molar-refractivity contribution in [3.05, 3.63) is 47.5 Å². The number of methoxy groups -OCH3 is 2. The molecule has 0 spiro atoms. The van der Waals surface area contributed by atoms with Gasteiger partial charge in [-0.05, 0) is 37.1 Å². The molecule has 0 fully saturated rings. The number of carbonyl (C=O) groups is 2. The first kappa shape index (κ1) is 23.1. The predicted octanol–water partition coefficient (Wildman–Crippen LogP) is 2.81. The molecule has 0 saturated carbocycles. The number of nitrogens with one attached hydrogen (secondary N) is 2. The second kappa shape index (κ2) is 9.82. The van der Waals surface area contributed by atoms with E-state index in [2.05, 4.69) is 22.8 Å². The summed E-state index contributed by atoms with van der Waals surface area (Å²) in [5, 5.41) is 6.76. The van der Waals surface area contributed by atoms with Crippen LogP contribution in [0, 0.1) is 0 Å². The standard InChI is InChI=1S/C24H28N4O6/c1-31-23(29)13-7-17(25)21-19(9-13)33-11-15(27-21)5-3-4-6-16-12-34-20-10-14(24(30)32-2)8-18(26)22(20)28-16/h3-4,7-10,15-16,27-28H,5-6,11-12,25-26H2,1-2H3/b4-3+/t15-,16-/m0/s1. The molecule has 2 aliphatic rings. The number of nitrogens with two attached hydrogens (primary N) is 2. The third-order valence-electron chi connectivity index (χ3n) is 5.69. The average Bonchev–Trinajstić information content (AvgIpc) is 2.85. The Kier molecular flexibility index (Phi) is 6.67. The van der Waals surface area contributed by atoms with Gasteiger partial charge in [-0.15, -0.1) is 0 Å².